The summed E-state index contributed by atoms with van der Waals surface area (Å²) in [5.41, 5.74) is 2.43. The lowest BCUT2D eigenvalue weighted by Crippen LogP contribution is -1.92. The molecule has 2 rings (SSSR count). The molecule has 0 atom stereocenters. The number of hydrogen-bond donors (Lipinski definition) is 1. The van der Waals surface area contributed by atoms with Gasteiger partial charge in [-0.05, 0) is 36.1 Å². The van der Waals surface area contributed by atoms with E-state index in [9.17, 15) is 5.11 Å². The number of ether oxygens (including phenoxy) is 1. The van der Waals surface area contributed by atoms with E-state index in [1.165, 1.54) is 5.56 Å². The first-order valence-corrected chi connectivity index (χ1v) is 5.69. The Morgan fingerprint density at radius 2 is 1.65 bits per heavy atom. The van der Waals surface area contributed by atoms with Gasteiger partial charge in [0.2, 0.25) is 0 Å². The monoisotopic (exact) mass is 228 g/mol. The van der Waals surface area contributed by atoms with E-state index >= 15 is 0 Å². The average Bonchev–Trinajstić information content (AvgIpc) is 2.38. The highest BCUT2D eigenvalue weighted by molar-refractivity contribution is 5.41. The van der Waals surface area contributed by atoms with Gasteiger partial charge in [0, 0.05) is 0 Å². The normalized spacial score (nSPS) is 10.2. The molecule has 0 radical (unpaired) electrons. The van der Waals surface area contributed by atoms with Crippen LogP contribution in [0.3, 0.4) is 0 Å². The van der Waals surface area contributed by atoms with Crippen LogP contribution in [0.15, 0.2) is 48.5 Å². The Labute approximate surface area is 101 Å². The van der Waals surface area contributed by atoms with E-state index in [1.807, 2.05) is 24.3 Å². The standard InChI is InChI=1S/C15H16O2/c1-17-15-10-9-13(11-14(15)16)8-7-12-5-3-2-4-6-12/h2-6,9-11,16H,7-8H2,1H3. The molecule has 0 unspecified atom stereocenters. The number of benzene rings is 2. The summed E-state index contributed by atoms with van der Waals surface area (Å²) >= 11 is 0. The van der Waals surface area contributed by atoms with Crippen molar-refractivity contribution in [1.82, 2.24) is 0 Å². The summed E-state index contributed by atoms with van der Waals surface area (Å²) < 4.78 is 5.01. The van der Waals surface area contributed by atoms with E-state index in [0.29, 0.717) is 5.75 Å². The fourth-order valence-electron chi connectivity index (χ4n) is 1.82. The average molecular weight is 228 g/mol. The van der Waals surface area contributed by atoms with E-state index in [1.54, 1.807) is 19.2 Å². The lowest BCUT2D eigenvalue weighted by atomic mass is 10.0. The molecule has 0 aliphatic heterocycles. The number of phenolic OH excluding ortho intramolecular Hbond substituents is 1. The molecule has 0 aromatic heterocycles. The van der Waals surface area contributed by atoms with Crippen molar-refractivity contribution in [3.8, 4) is 11.5 Å². The maximum Gasteiger partial charge on any atom is 0.160 e. The van der Waals surface area contributed by atoms with E-state index in [2.05, 4.69) is 12.1 Å². The summed E-state index contributed by atoms with van der Waals surface area (Å²) in [5, 5.41) is 9.66. The van der Waals surface area contributed by atoms with Crippen molar-refractivity contribution in [3.05, 3.63) is 59.7 Å². The molecular weight excluding hydrogens is 212 g/mol. The predicted octanol–water partition coefficient (Wildman–Crippen LogP) is 3.19. The van der Waals surface area contributed by atoms with Gasteiger partial charge >= 0.3 is 0 Å². The number of aromatic hydroxyl groups is 1. The minimum atomic E-state index is 0.207. The van der Waals surface area contributed by atoms with Crippen LogP contribution in [0, 0.1) is 0 Å². The molecule has 0 aliphatic rings. The van der Waals surface area contributed by atoms with Crippen molar-refractivity contribution in [3.63, 3.8) is 0 Å². The van der Waals surface area contributed by atoms with E-state index in [0.717, 1.165) is 18.4 Å². The van der Waals surface area contributed by atoms with Crippen LogP contribution >= 0.6 is 0 Å². The second-order valence-corrected chi connectivity index (χ2v) is 3.99. The number of rotatable bonds is 4. The molecule has 0 heterocycles. The minimum Gasteiger partial charge on any atom is -0.504 e. The molecule has 0 aliphatic carbocycles. The molecule has 1 N–H and O–H groups in total. The Morgan fingerprint density at radius 1 is 0.941 bits per heavy atom. The number of methoxy groups -OCH3 is 1. The van der Waals surface area contributed by atoms with Gasteiger partial charge in [-0.1, -0.05) is 36.4 Å². The SMILES string of the molecule is COc1ccc(CCc2ccccc2)cc1O. The topological polar surface area (TPSA) is 29.5 Å². The molecule has 88 valence electrons. The largest absolute Gasteiger partial charge is 0.504 e. The Balaban J connectivity index is 2.02. The van der Waals surface area contributed by atoms with Crippen molar-refractivity contribution in [1.29, 1.82) is 0 Å². The summed E-state index contributed by atoms with van der Waals surface area (Å²) in [4.78, 5) is 0. The Bertz CT molecular complexity index is 478. The molecule has 0 bridgehead atoms. The van der Waals surface area contributed by atoms with Crippen LogP contribution in [0.4, 0.5) is 0 Å². The van der Waals surface area contributed by atoms with Gasteiger partial charge in [-0.25, -0.2) is 0 Å². The summed E-state index contributed by atoms with van der Waals surface area (Å²) in [6.45, 7) is 0. The first-order valence-electron chi connectivity index (χ1n) is 5.69. The van der Waals surface area contributed by atoms with E-state index in [-0.39, 0.29) is 5.75 Å². The molecule has 0 saturated heterocycles. The lowest BCUT2D eigenvalue weighted by molar-refractivity contribution is 0.373. The van der Waals surface area contributed by atoms with Crippen LogP contribution in [-0.2, 0) is 12.8 Å². The van der Waals surface area contributed by atoms with E-state index < -0.39 is 0 Å². The van der Waals surface area contributed by atoms with Crippen molar-refractivity contribution in [2.45, 2.75) is 12.8 Å². The highest BCUT2D eigenvalue weighted by Crippen LogP contribution is 2.26. The zero-order valence-electron chi connectivity index (χ0n) is 9.89. The first-order chi connectivity index (χ1) is 8.29. The van der Waals surface area contributed by atoms with Crippen LogP contribution < -0.4 is 4.74 Å². The van der Waals surface area contributed by atoms with Crippen molar-refractivity contribution < 1.29 is 9.84 Å². The van der Waals surface area contributed by atoms with Crippen molar-refractivity contribution in [2.75, 3.05) is 7.11 Å². The second kappa shape index (κ2) is 5.39. The van der Waals surface area contributed by atoms with Crippen LogP contribution in [0.25, 0.3) is 0 Å². The summed E-state index contributed by atoms with van der Waals surface area (Å²) in [5.74, 6) is 0.728. The fraction of sp³-hybridized carbons (Fsp3) is 0.200. The summed E-state index contributed by atoms with van der Waals surface area (Å²) in [6, 6.07) is 15.9. The Morgan fingerprint density at radius 3 is 2.29 bits per heavy atom. The first kappa shape index (κ1) is 11.5. The molecular formula is C15H16O2. The van der Waals surface area contributed by atoms with Gasteiger partial charge in [-0.15, -0.1) is 0 Å². The zero-order chi connectivity index (χ0) is 12.1. The Kier molecular flexibility index (Phi) is 3.66. The summed E-state index contributed by atoms with van der Waals surface area (Å²) in [7, 11) is 1.55. The predicted molar refractivity (Wildman–Crippen MR) is 68.5 cm³/mol. The van der Waals surface area contributed by atoms with Gasteiger partial charge < -0.3 is 9.84 Å². The molecule has 0 fully saturated rings. The number of hydrogen-bond acceptors (Lipinski definition) is 2. The number of phenols is 1. The van der Waals surface area contributed by atoms with Gasteiger partial charge in [-0.3, -0.25) is 0 Å². The molecule has 2 aromatic carbocycles. The van der Waals surface area contributed by atoms with Crippen molar-refractivity contribution in [2.24, 2.45) is 0 Å². The van der Waals surface area contributed by atoms with Crippen LogP contribution in [0.1, 0.15) is 11.1 Å². The second-order valence-electron chi connectivity index (χ2n) is 3.99. The quantitative estimate of drug-likeness (QED) is 0.870. The van der Waals surface area contributed by atoms with Gasteiger partial charge in [-0.2, -0.15) is 0 Å². The smallest absolute Gasteiger partial charge is 0.160 e. The third-order valence-corrected chi connectivity index (χ3v) is 2.79. The zero-order valence-corrected chi connectivity index (χ0v) is 9.89. The maximum absolute atomic E-state index is 9.66. The van der Waals surface area contributed by atoms with Gasteiger partial charge in [0.1, 0.15) is 0 Å². The van der Waals surface area contributed by atoms with Gasteiger partial charge in [0.25, 0.3) is 0 Å². The highest BCUT2D eigenvalue weighted by Gasteiger charge is 2.02. The van der Waals surface area contributed by atoms with Crippen LogP contribution in [0.5, 0.6) is 11.5 Å². The molecule has 2 nitrogen and oxygen atoms in total. The van der Waals surface area contributed by atoms with Gasteiger partial charge in [0.15, 0.2) is 11.5 Å². The van der Waals surface area contributed by atoms with Crippen LogP contribution in [-0.4, -0.2) is 12.2 Å². The molecule has 2 heteroatoms. The third kappa shape index (κ3) is 3.00. The minimum absolute atomic E-state index is 0.207. The number of aryl methyl sites for hydroxylation is 2. The molecule has 2 aromatic rings. The molecule has 0 saturated carbocycles. The highest BCUT2D eigenvalue weighted by atomic mass is 16.5. The lowest BCUT2D eigenvalue weighted by Gasteiger charge is -2.06. The van der Waals surface area contributed by atoms with Crippen molar-refractivity contribution >= 4 is 0 Å². The summed E-state index contributed by atoms with van der Waals surface area (Å²) in [6.07, 6.45) is 1.90. The molecule has 0 amide bonds. The molecule has 0 spiro atoms. The fourth-order valence-corrected chi connectivity index (χ4v) is 1.82. The van der Waals surface area contributed by atoms with Crippen LogP contribution in [0.2, 0.25) is 0 Å². The maximum atomic E-state index is 9.66. The Hall–Kier alpha value is -1.96. The van der Waals surface area contributed by atoms with E-state index in [4.69, 9.17) is 4.74 Å². The molecule has 17 heavy (non-hydrogen) atoms. The third-order valence-electron chi connectivity index (χ3n) is 2.79. The van der Waals surface area contributed by atoms with Gasteiger partial charge in [0.05, 0.1) is 7.11 Å².